The molecule has 0 aromatic heterocycles. The first kappa shape index (κ1) is 8.10. The molecule has 1 rings (SSSR count). The monoisotopic (exact) mass is 190 g/mol. The minimum absolute atomic E-state index is 0.256. The van der Waals surface area contributed by atoms with E-state index in [9.17, 15) is 18.0 Å². The minimum Gasteiger partial charge on any atom is -0.366 e. The van der Waals surface area contributed by atoms with Crippen molar-refractivity contribution in [2.75, 3.05) is 0 Å². The molecule has 0 aliphatic rings. The lowest BCUT2D eigenvalue weighted by Crippen LogP contribution is -2.13. The summed E-state index contributed by atoms with van der Waals surface area (Å²) >= 11 is 0. The van der Waals surface area contributed by atoms with Crippen molar-refractivity contribution >= 4 is 5.91 Å². The van der Waals surface area contributed by atoms with Gasteiger partial charge in [-0.25, -0.2) is 0 Å². The number of carbonyl (C=O) groups is 1. The van der Waals surface area contributed by atoms with Crippen LogP contribution in [0.5, 0.6) is 0 Å². The van der Waals surface area contributed by atoms with Crippen molar-refractivity contribution in [1.29, 1.82) is 0 Å². The Morgan fingerprint density at radius 2 is 2.15 bits per heavy atom. The zero-order valence-corrected chi connectivity index (χ0v) is 6.35. The molecular weight excluding hydrogens is 183 g/mol. The summed E-state index contributed by atoms with van der Waals surface area (Å²) in [4.78, 5) is 10.6. The highest BCUT2D eigenvalue weighted by Gasteiger charge is 2.30. The zero-order valence-electron chi connectivity index (χ0n) is 7.35. The summed E-state index contributed by atoms with van der Waals surface area (Å²) in [6.07, 6.45) is -4.64. The van der Waals surface area contributed by atoms with Crippen molar-refractivity contribution in [3.63, 3.8) is 0 Å². The molecule has 5 heteroatoms. The van der Waals surface area contributed by atoms with Crippen LogP contribution in [0.25, 0.3) is 0 Å². The van der Waals surface area contributed by atoms with Crippen molar-refractivity contribution < 1.29 is 19.3 Å². The van der Waals surface area contributed by atoms with Gasteiger partial charge in [0.2, 0.25) is 5.91 Å². The molecule has 2 nitrogen and oxygen atoms in total. The van der Waals surface area contributed by atoms with E-state index in [2.05, 4.69) is 0 Å². The lowest BCUT2D eigenvalue weighted by atomic mass is 10.1. The third-order valence-corrected chi connectivity index (χ3v) is 1.39. The third kappa shape index (κ3) is 2.21. The number of amides is 1. The Kier molecular flexibility index (Phi) is 1.92. The summed E-state index contributed by atoms with van der Waals surface area (Å²) in [7, 11) is 0. The van der Waals surface area contributed by atoms with E-state index in [1.54, 1.807) is 0 Å². The van der Waals surface area contributed by atoms with Gasteiger partial charge in [-0.3, -0.25) is 4.79 Å². The molecule has 0 atom stereocenters. The number of primary amides is 1. The SMILES string of the molecule is [2H]c1ccc(C(N)=O)cc1C(F)(F)F. The van der Waals surface area contributed by atoms with Gasteiger partial charge >= 0.3 is 6.18 Å². The van der Waals surface area contributed by atoms with Crippen molar-refractivity contribution in [1.82, 2.24) is 0 Å². The highest BCUT2D eigenvalue weighted by Crippen LogP contribution is 2.29. The number of carbonyl (C=O) groups excluding carboxylic acids is 1. The van der Waals surface area contributed by atoms with Gasteiger partial charge in [0.15, 0.2) is 0 Å². The van der Waals surface area contributed by atoms with E-state index in [0.29, 0.717) is 6.07 Å². The molecule has 0 saturated carbocycles. The molecule has 0 aliphatic carbocycles. The van der Waals surface area contributed by atoms with Crippen LogP contribution >= 0.6 is 0 Å². The molecule has 1 aromatic carbocycles. The van der Waals surface area contributed by atoms with Crippen LogP contribution in [0, 0.1) is 0 Å². The van der Waals surface area contributed by atoms with E-state index >= 15 is 0 Å². The minimum atomic E-state index is -4.64. The van der Waals surface area contributed by atoms with Gasteiger partial charge in [-0.05, 0) is 18.2 Å². The topological polar surface area (TPSA) is 43.1 Å². The first-order valence-electron chi connectivity index (χ1n) is 3.80. The van der Waals surface area contributed by atoms with E-state index in [-0.39, 0.29) is 5.56 Å². The Morgan fingerprint density at radius 3 is 2.62 bits per heavy atom. The number of benzene rings is 1. The Labute approximate surface area is 73.6 Å². The first-order chi connectivity index (χ1) is 6.32. The molecule has 0 saturated heterocycles. The van der Waals surface area contributed by atoms with Crippen LogP contribution in [0.4, 0.5) is 13.2 Å². The summed E-state index contributed by atoms with van der Waals surface area (Å²) in [5.41, 5.74) is 3.39. The number of alkyl halides is 3. The van der Waals surface area contributed by atoms with Gasteiger partial charge in [0.1, 0.15) is 0 Å². The van der Waals surface area contributed by atoms with Gasteiger partial charge in [0, 0.05) is 5.56 Å². The van der Waals surface area contributed by atoms with Crippen LogP contribution in [-0.4, -0.2) is 5.91 Å². The van der Waals surface area contributed by atoms with E-state index in [1.165, 1.54) is 0 Å². The Balaban J connectivity index is 3.29. The van der Waals surface area contributed by atoms with Crippen LogP contribution in [0.3, 0.4) is 0 Å². The summed E-state index contributed by atoms with van der Waals surface area (Å²) < 4.78 is 43.7. The molecule has 0 fully saturated rings. The Morgan fingerprint density at radius 1 is 1.54 bits per heavy atom. The standard InChI is InChI=1S/C8H6F3NO/c9-8(10,11)6-3-1-2-5(4-6)7(12)13/h1-4H,(H2,12,13)/i3D. The average molecular weight is 190 g/mol. The molecule has 0 heterocycles. The van der Waals surface area contributed by atoms with Crippen molar-refractivity contribution in [2.45, 2.75) is 6.18 Å². The fourth-order valence-electron chi connectivity index (χ4n) is 0.783. The molecule has 0 spiro atoms. The van der Waals surface area contributed by atoms with Crippen LogP contribution in [0.15, 0.2) is 24.2 Å². The molecule has 0 bridgehead atoms. The highest BCUT2D eigenvalue weighted by atomic mass is 19.4. The first-order valence-corrected chi connectivity index (χ1v) is 3.30. The molecule has 1 amide bonds. The van der Waals surface area contributed by atoms with Crippen LogP contribution < -0.4 is 5.73 Å². The van der Waals surface area contributed by atoms with Crippen LogP contribution in [0.1, 0.15) is 17.3 Å². The highest BCUT2D eigenvalue weighted by molar-refractivity contribution is 5.92. The summed E-state index contributed by atoms with van der Waals surface area (Å²) in [6, 6.07) is 1.87. The summed E-state index contributed by atoms with van der Waals surface area (Å²) in [5, 5.41) is 0. The van der Waals surface area contributed by atoms with Gasteiger partial charge in [-0.15, -0.1) is 0 Å². The maximum Gasteiger partial charge on any atom is 0.416 e. The van der Waals surface area contributed by atoms with Gasteiger partial charge < -0.3 is 5.73 Å². The molecule has 0 unspecified atom stereocenters. The maximum atomic E-state index is 12.2. The zero-order chi connectivity index (χ0) is 10.9. The van der Waals surface area contributed by atoms with Gasteiger partial charge in [-0.2, -0.15) is 13.2 Å². The lowest BCUT2D eigenvalue weighted by molar-refractivity contribution is -0.137. The van der Waals surface area contributed by atoms with Gasteiger partial charge in [0.05, 0.1) is 6.93 Å². The molecule has 0 aliphatic heterocycles. The van der Waals surface area contributed by atoms with E-state index < -0.39 is 23.7 Å². The second-order valence-corrected chi connectivity index (χ2v) is 2.35. The number of nitrogens with two attached hydrogens (primary N) is 1. The number of hydrogen-bond donors (Lipinski definition) is 1. The number of halogens is 3. The van der Waals surface area contributed by atoms with Gasteiger partial charge in [-0.1, -0.05) is 6.07 Å². The fraction of sp³-hybridized carbons (Fsp3) is 0.125. The fourth-order valence-corrected chi connectivity index (χ4v) is 0.783. The molecule has 70 valence electrons. The normalized spacial score (nSPS) is 12.4. The predicted octanol–water partition coefficient (Wildman–Crippen LogP) is 1.80. The second-order valence-electron chi connectivity index (χ2n) is 2.35. The smallest absolute Gasteiger partial charge is 0.366 e. The van der Waals surface area contributed by atoms with Crippen LogP contribution in [0.2, 0.25) is 0 Å². The quantitative estimate of drug-likeness (QED) is 0.720. The van der Waals surface area contributed by atoms with Crippen molar-refractivity contribution in [2.24, 2.45) is 5.73 Å². The van der Waals surface area contributed by atoms with Crippen molar-refractivity contribution in [3.05, 3.63) is 35.4 Å². The second kappa shape index (κ2) is 3.08. The third-order valence-electron chi connectivity index (χ3n) is 1.39. The number of hydrogen-bond acceptors (Lipinski definition) is 1. The maximum absolute atomic E-state index is 12.2. The summed E-state index contributed by atoms with van der Waals surface area (Å²) in [6.45, 7) is 0. The van der Waals surface area contributed by atoms with E-state index in [4.69, 9.17) is 7.10 Å². The molecule has 0 radical (unpaired) electrons. The van der Waals surface area contributed by atoms with E-state index in [1.807, 2.05) is 0 Å². The Bertz CT molecular complexity index is 375. The predicted molar refractivity (Wildman–Crippen MR) is 40.0 cm³/mol. The largest absolute Gasteiger partial charge is 0.416 e. The summed E-state index contributed by atoms with van der Waals surface area (Å²) in [5.74, 6) is -0.949. The van der Waals surface area contributed by atoms with Crippen molar-refractivity contribution in [3.8, 4) is 0 Å². The molecule has 1 aromatic rings. The van der Waals surface area contributed by atoms with Crippen LogP contribution in [-0.2, 0) is 6.18 Å². The number of rotatable bonds is 1. The molecular formula is C8H6F3NO. The van der Waals surface area contributed by atoms with Gasteiger partial charge in [0.25, 0.3) is 0 Å². The molecule has 2 N–H and O–H groups in total. The Hall–Kier alpha value is -1.52. The lowest BCUT2D eigenvalue weighted by Gasteiger charge is -2.06. The van der Waals surface area contributed by atoms with E-state index in [0.717, 1.165) is 12.1 Å². The average Bonchev–Trinajstić information content (AvgIpc) is 2.02. The molecule has 13 heavy (non-hydrogen) atoms.